The maximum Gasteiger partial charge on any atom is 0.251 e. The number of amides is 1. The van der Waals surface area contributed by atoms with Crippen LogP contribution in [-0.2, 0) is 0 Å². The zero-order valence-corrected chi connectivity index (χ0v) is 11.3. The summed E-state index contributed by atoms with van der Waals surface area (Å²) in [6, 6.07) is 16.0. The van der Waals surface area contributed by atoms with Crippen LogP contribution in [0.15, 0.2) is 54.7 Å². The van der Waals surface area contributed by atoms with Gasteiger partial charge in [0, 0.05) is 23.9 Å². The number of carbonyl (C=O) groups excluding carboxylic acids is 1. The molecule has 0 unspecified atom stereocenters. The average Bonchev–Trinajstić information content (AvgIpc) is 2.96. The summed E-state index contributed by atoms with van der Waals surface area (Å²) in [4.78, 5) is 15.0. The number of rotatable bonds is 3. The molecule has 0 aliphatic carbocycles. The molecule has 0 saturated carbocycles. The SMILES string of the molecule is CCNC(=O)c1ccc(-c2cccc3cc[nH]c23)cc1. The number of hydrogen-bond donors (Lipinski definition) is 2. The molecular formula is C17H16N2O. The number of H-pyrrole nitrogens is 1. The van der Waals surface area contributed by atoms with E-state index < -0.39 is 0 Å². The quantitative estimate of drug-likeness (QED) is 0.746. The van der Waals surface area contributed by atoms with E-state index in [1.807, 2.05) is 43.5 Å². The van der Waals surface area contributed by atoms with Crippen molar-refractivity contribution in [1.82, 2.24) is 10.3 Å². The Labute approximate surface area is 117 Å². The highest BCUT2D eigenvalue weighted by Crippen LogP contribution is 2.27. The van der Waals surface area contributed by atoms with E-state index in [2.05, 4.69) is 28.5 Å². The first-order chi connectivity index (χ1) is 9.79. The Bertz CT molecular complexity index is 741. The molecule has 1 heterocycles. The Morgan fingerprint density at radius 3 is 2.65 bits per heavy atom. The minimum atomic E-state index is -0.0304. The van der Waals surface area contributed by atoms with Crippen LogP contribution in [0.5, 0.6) is 0 Å². The molecule has 0 atom stereocenters. The summed E-state index contributed by atoms with van der Waals surface area (Å²) in [5.41, 5.74) is 4.06. The van der Waals surface area contributed by atoms with Crippen molar-refractivity contribution in [2.75, 3.05) is 6.54 Å². The molecule has 3 heteroatoms. The third kappa shape index (κ3) is 2.18. The smallest absolute Gasteiger partial charge is 0.251 e. The van der Waals surface area contributed by atoms with Crippen molar-refractivity contribution in [1.29, 1.82) is 0 Å². The molecule has 0 aliphatic heterocycles. The van der Waals surface area contributed by atoms with Crippen LogP contribution in [0, 0.1) is 0 Å². The second-order valence-electron chi connectivity index (χ2n) is 4.68. The van der Waals surface area contributed by atoms with Crippen molar-refractivity contribution in [3.8, 4) is 11.1 Å². The van der Waals surface area contributed by atoms with E-state index in [0.717, 1.165) is 16.6 Å². The molecule has 20 heavy (non-hydrogen) atoms. The first kappa shape index (κ1) is 12.5. The van der Waals surface area contributed by atoms with Gasteiger partial charge in [-0.05, 0) is 36.1 Å². The van der Waals surface area contributed by atoms with Crippen LogP contribution in [0.25, 0.3) is 22.0 Å². The van der Waals surface area contributed by atoms with Gasteiger partial charge in [-0.3, -0.25) is 4.79 Å². The predicted octanol–water partition coefficient (Wildman–Crippen LogP) is 3.58. The number of hydrogen-bond acceptors (Lipinski definition) is 1. The number of benzene rings is 2. The molecular weight excluding hydrogens is 248 g/mol. The van der Waals surface area contributed by atoms with Crippen LogP contribution in [0.4, 0.5) is 0 Å². The summed E-state index contributed by atoms with van der Waals surface area (Å²) in [6.45, 7) is 2.56. The lowest BCUT2D eigenvalue weighted by molar-refractivity contribution is 0.0956. The highest BCUT2D eigenvalue weighted by Gasteiger charge is 2.07. The van der Waals surface area contributed by atoms with E-state index >= 15 is 0 Å². The van der Waals surface area contributed by atoms with Gasteiger partial charge < -0.3 is 10.3 Å². The van der Waals surface area contributed by atoms with Gasteiger partial charge >= 0.3 is 0 Å². The number of fused-ring (bicyclic) bond motifs is 1. The van der Waals surface area contributed by atoms with E-state index in [0.29, 0.717) is 12.1 Å². The maximum atomic E-state index is 11.7. The Morgan fingerprint density at radius 2 is 1.90 bits per heavy atom. The van der Waals surface area contributed by atoms with E-state index in [-0.39, 0.29) is 5.91 Å². The molecule has 0 saturated heterocycles. The number of aromatic nitrogens is 1. The fourth-order valence-electron chi connectivity index (χ4n) is 2.39. The van der Waals surface area contributed by atoms with Gasteiger partial charge in [0.2, 0.25) is 0 Å². The standard InChI is InChI=1S/C17H16N2O/c1-2-18-17(20)14-8-6-12(7-9-14)15-5-3-4-13-10-11-19-16(13)15/h3-11,19H,2H2,1H3,(H,18,20). The summed E-state index contributed by atoms with van der Waals surface area (Å²) in [7, 11) is 0. The minimum Gasteiger partial charge on any atom is -0.361 e. The lowest BCUT2D eigenvalue weighted by Crippen LogP contribution is -2.22. The first-order valence-electron chi connectivity index (χ1n) is 6.74. The molecule has 2 N–H and O–H groups in total. The van der Waals surface area contributed by atoms with Crippen molar-refractivity contribution >= 4 is 16.8 Å². The summed E-state index contributed by atoms with van der Waals surface area (Å²) >= 11 is 0. The monoisotopic (exact) mass is 264 g/mol. The maximum absolute atomic E-state index is 11.7. The van der Waals surface area contributed by atoms with Crippen LogP contribution in [0.2, 0.25) is 0 Å². The first-order valence-corrected chi connectivity index (χ1v) is 6.74. The molecule has 100 valence electrons. The van der Waals surface area contributed by atoms with Crippen molar-refractivity contribution in [3.05, 3.63) is 60.3 Å². The zero-order valence-electron chi connectivity index (χ0n) is 11.3. The molecule has 1 aromatic heterocycles. The Kier molecular flexibility index (Phi) is 3.25. The fourth-order valence-corrected chi connectivity index (χ4v) is 2.39. The van der Waals surface area contributed by atoms with Crippen molar-refractivity contribution < 1.29 is 4.79 Å². The van der Waals surface area contributed by atoms with Crippen LogP contribution < -0.4 is 5.32 Å². The van der Waals surface area contributed by atoms with Crippen LogP contribution in [-0.4, -0.2) is 17.4 Å². The molecule has 2 aromatic carbocycles. The zero-order chi connectivity index (χ0) is 13.9. The molecule has 0 radical (unpaired) electrons. The molecule has 3 nitrogen and oxygen atoms in total. The number of aromatic amines is 1. The second-order valence-corrected chi connectivity index (χ2v) is 4.68. The van der Waals surface area contributed by atoms with Gasteiger partial charge in [-0.15, -0.1) is 0 Å². The van der Waals surface area contributed by atoms with Crippen molar-refractivity contribution in [3.63, 3.8) is 0 Å². The molecule has 0 bridgehead atoms. The van der Waals surface area contributed by atoms with Gasteiger partial charge in [0.1, 0.15) is 0 Å². The molecule has 1 amide bonds. The van der Waals surface area contributed by atoms with Crippen molar-refractivity contribution in [2.24, 2.45) is 0 Å². The van der Waals surface area contributed by atoms with Gasteiger partial charge in [-0.25, -0.2) is 0 Å². The lowest BCUT2D eigenvalue weighted by atomic mass is 10.0. The van der Waals surface area contributed by atoms with Gasteiger partial charge in [-0.2, -0.15) is 0 Å². The van der Waals surface area contributed by atoms with Crippen LogP contribution >= 0.6 is 0 Å². The highest BCUT2D eigenvalue weighted by molar-refractivity contribution is 5.97. The van der Waals surface area contributed by atoms with Gasteiger partial charge in [0.05, 0.1) is 5.52 Å². The number of para-hydroxylation sites is 1. The van der Waals surface area contributed by atoms with Crippen LogP contribution in [0.1, 0.15) is 17.3 Å². The summed E-state index contributed by atoms with van der Waals surface area (Å²) < 4.78 is 0. The highest BCUT2D eigenvalue weighted by atomic mass is 16.1. The van der Waals surface area contributed by atoms with Crippen molar-refractivity contribution in [2.45, 2.75) is 6.92 Å². The second kappa shape index (κ2) is 5.21. The van der Waals surface area contributed by atoms with E-state index in [9.17, 15) is 4.79 Å². The van der Waals surface area contributed by atoms with Gasteiger partial charge in [0.15, 0.2) is 0 Å². The van der Waals surface area contributed by atoms with E-state index in [1.165, 1.54) is 5.39 Å². The summed E-state index contributed by atoms with van der Waals surface area (Å²) in [5.74, 6) is -0.0304. The molecule has 0 spiro atoms. The van der Waals surface area contributed by atoms with E-state index in [4.69, 9.17) is 0 Å². The average molecular weight is 264 g/mol. The minimum absolute atomic E-state index is 0.0304. The molecule has 0 aliphatic rings. The summed E-state index contributed by atoms with van der Waals surface area (Å²) in [5, 5.41) is 3.99. The third-order valence-corrected chi connectivity index (χ3v) is 3.38. The van der Waals surface area contributed by atoms with Gasteiger partial charge in [0.25, 0.3) is 5.91 Å². The number of carbonyl (C=O) groups is 1. The predicted molar refractivity (Wildman–Crippen MR) is 81.7 cm³/mol. The third-order valence-electron chi connectivity index (χ3n) is 3.38. The largest absolute Gasteiger partial charge is 0.361 e. The number of nitrogens with one attached hydrogen (secondary N) is 2. The normalized spacial score (nSPS) is 10.7. The molecule has 3 rings (SSSR count). The van der Waals surface area contributed by atoms with Gasteiger partial charge in [-0.1, -0.05) is 30.3 Å². The Hall–Kier alpha value is -2.55. The fraction of sp³-hybridized carbons (Fsp3) is 0.118. The lowest BCUT2D eigenvalue weighted by Gasteiger charge is -2.06. The molecule has 3 aromatic rings. The molecule has 0 fully saturated rings. The van der Waals surface area contributed by atoms with Crippen LogP contribution in [0.3, 0.4) is 0 Å². The van der Waals surface area contributed by atoms with E-state index in [1.54, 1.807) is 0 Å². The topological polar surface area (TPSA) is 44.9 Å². The Balaban J connectivity index is 1.99. The Morgan fingerprint density at radius 1 is 1.10 bits per heavy atom. The summed E-state index contributed by atoms with van der Waals surface area (Å²) in [6.07, 6.45) is 1.94.